The van der Waals surface area contributed by atoms with Crippen LogP contribution in [0, 0.1) is 0 Å². The standard InChI is InChI=1S/C21H20N4O2/c1-25-18-13-15(23-21(26)16-5-3-4-6-19(16)27-2)7-8-17(18)24-20(25)14-9-11-22-12-10-14/h3,5,7-13H,4,6H2,1-2H3,(H,23,26). The average Bonchev–Trinajstić information content (AvgIpc) is 3.05. The molecule has 3 aromatic rings. The summed E-state index contributed by atoms with van der Waals surface area (Å²) in [7, 11) is 3.57. The molecule has 0 saturated carbocycles. The minimum atomic E-state index is -0.168. The van der Waals surface area contributed by atoms with Gasteiger partial charge in [0.15, 0.2) is 0 Å². The number of aryl methyl sites for hydroxylation is 1. The number of anilines is 1. The maximum atomic E-state index is 12.7. The van der Waals surface area contributed by atoms with E-state index in [0.717, 1.165) is 46.7 Å². The van der Waals surface area contributed by atoms with Crippen LogP contribution < -0.4 is 5.32 Å². The van der Waals surface area contributed by atoms with Gasteiger partial charge in [-0.25, -0.2) is 4.98 Å². The lowest BCUT2D eigenvalue weighted by atomic mass is 10.0. The zero-order chi connectivity index (χ0) is 18.8. The number of benzene rings is 1. The van der Waals surface area contributed by atoms with Crippen molar-refractivity contribution in [2.75, 3.05) is 12.4 Å². The van der Waals surface area contributed by atoms with Gasteiger partial charge in [-0.05, 0) is 36.8 Å². The lowest BCUT2D eigenvalue weighted by Gasteiger charge is -2.14. The average molecular weight is 360 g/mol. The topological polar surface area (TPSA) is 69.0 Å². The van der Waals surface area contributed by atoms with Crippen molar-refractivity contribution < 1.29 is 9.53 Å². The summed E-state index contributed by atoms with van der Waals surface area (Å²) in [6.07, 6.45) is 8.94. The van der Waals surface area contributed by atoms with Crippen LogP contribution in [-0.2, 0) is 16.6 Å². The van der Waals surface area contributed by atoms with Crippen LogP contribution in [-0.4, -0.2) is 27.6 Å². The quantitative estimate of drug-likeness (QED) is 0.768. The Hall–Kier alpha value is -3.41. The molecule has 6 nitrogen and oxygen atoms in total. The number of amides is 1. The Labute approximate surface area is 157 Å². The number of imidazole rings is 1. The van der Waals surface area contributed by atoms with Crippen LogP contribution in [0.5, 0.6) is 0 Å². The maximum Gasteiger partial charge on any atom is 0.259 e. The van der Waals surface area contributed by atoms with Crippen LogP contribution in [0.3, 0.4) is 0 Å². The smallest absolute Gasteiger partial charge is 0.259 e. The molecular formula is C21H20N4O2. The largest absolute Gasteiger partial charge is 0.500 e. The van der Waals surface area contributed by atoms with Gasteiger partial charge in [-0.2, -0.15) is 0 Å². The van der Waals surface area contributed by atoms with E-state index in [-0.39, 0.29) is 5.91 Å². The summed E-state index contributed by atoms with van der Waals surface area (Å²) in [5, 5.41) is 2.97. The van der Waals surface area contributed by atoms with Gasteiger partial charge in [0.25, 0.3) is 5.91 Å². The van der Waals surface area contributed by atoms with Crippen molar-refractivity contribution in [3.05, 3.63) is 66.2 Å². The van der Waals surface area contributed by atoms with Crippen LogP contribution in [0.25, 0.3) is 22.4 Å². The van der Waals surface area contributed by atoms with Crippen molar-refractivity contribution in [2.24, 2.45) is 7.05 Å². The van der Waals surface area contributed by atoms with E-state index in [1.807, 2.05) is 54.1 Å². The first-order chi connectivity index (χ1) is 13.2. The number of hydrogen-bond donors (Lipinski definition) is 1. The van der Waals surface area contributed by atoms with Crippen LogP contribution >= 0.6 is 0 Å². The lowest BCUT2D eigenvalue weighted by molar-refractivity contribution is -0.112. The number of allylic oxidation sites excluding steroid dienone is 2. The number of ether oxygens (including phenoxy) is 1. The molecule has 0 aliphatic heterocycles. The Bertz CT molecular complexity index is 1060. The highest BCUT2D eigenvalue weighted by Gasteiger charge is 2.17. The molecule has 0 fully saturated rings. The molecular weight excluding hydrogens is 340 g/mol. The Balaban J connectivity index is 1.66. The number of hydrogen-bond acceptors (Lipinski definition) is 4. The number of aromatic nitrogens is 3. The summed E-state index contributed by atoms with van der Waals surface area (Å²) in [5.41, 5.74) is 4.11. The number of nitrogens with one attached hydrogen (secondary N) is 1. The molecule has 0 unspecified atom stereocenters. The summed E-state index contributed by atoms with van der Waals surface area (Å²) >= 11 is 0. The third-order valence-corrected chi connectivity index (χ3v) is 4.69. The second-order valence-corrected chi connectivity index (χ2v) is 6.37. The van der Waals surface area contributed by atoms with Gasteiger partial charge in [0.2, 0.25) is 0 Å². The molecule has 0 bridgehead atoms. The van der Waals surface area contributed by atoms with Crippen molar-refractivity contribution >= 4 is 22.6 Å². The summed E-state index contributed by atoms with van der Waals surface area (Å²) in [6.45, 7) is 0. The number of fused-ring (bicyclic) bond motifs is 1. The molecule has 6 heteroatoms. The van der Waals surface area contributed by atoms with E-state index in [0.29, 0.717) is 5.57 Å². The van der Waals surface area contributed by atoms with E-state index >= 15 is 0 Å². The molecule has 1 aromatic carbocycles. The van der Waals surface area contributed by atoms with Crippen LogP contribution in [0.15, 0.2) is 66.2 Å². The molecule has 27 heavy (non-hydrogen) atoms. The fraction of sp³-hybridized carbons (Fsp3) is 0.190. The molecule has 0 radical (unpaired) electrons. The van der Waals surface area contributed by atoms with E-state index in [1.165, 1.54) is 0 Å². The molecule has 136 valence electrons. The Morgan fingerprint density at radius 1 is 1.22 bits per heavy atom. The van der Waals surface area contributed by atoms with Gasteiger partial charge in [0.05, 0.1) is 23.7 Å². The predicted molar refractivity (Wildman–Crippen MR) is 105 cm³/mol. The van der Waals surface area contributed by atoms with Gasteiger partial charge in [0, 0.05) is 37.1 Å². The van der Waals surface area contributed by atoms with Gasteiger partial charge in [0.1, 0.15) is 11.6 Å². The lowest BCUT2D eigenvalue weighted by Crippen LogP contribution is -2.17. The highest BCUT2D eigenvalue weighted by atomic mass is 16.5. The molecule has 1 aliphatic rings. The zero-order valence-electron chi connectivity index (χ0n) is 15.3. The minimum absolute atomic E-state index is 0.168. The third kappa shape index (κ3) is 3.21. The third-order valence-electron chi connectivity index (χ3n) is 4.69. The molecule has 1 N–H and O–H groups in total. The van der Waals surface area contributed by atoms with Crippen molar-refractivity contribution in [3.63, 3.8) is 0 Å². The molecule has 1 aliphatic carbocycles. The Kier molecular flexibility index (Phi) is 4.46. The first-order valence-corrected chi connectivity index (χ1v) is 8.79. The van der Waals surface area contributed by atoms with E-state index < -0.39 is 0 Å². The van der Waals surface area contributed by atoms with E-state index in [2.05, 4.69) is 10.3 Å². The maximum absolute atomic E-state index is 12.7. The number of nitrogens with zero attached hydrogens (tertiary/aromatic N) is 3. The van der Waals surface area contributed by atoms with E-state index in [4.69, 9.17) is 9.72 Å². The summed E-state index contributed by atoms with van der Waals surface area (Å²) in [4.78, 5) is 21.4. The molecule has 0 spiro atoms. The van der Waals surface area contributed by atoms with Crippen LogP contribution in [0.1, 0.15) is 12.8 Å². The highest BCUT2D eigenvalue weighted by Crippen LogP contribution is 2.26. The van der Waals surface area contributed by atoms with Crippen molar-refractivity contribution in [2.45, 2.75) is 12.8 Å². The first-order valence-electron chi connectivity index (χ1n) is 8.79. The number of carbonyl (C=O) groups excluding carboxylic acids is 1. The molecule has 0 saturated heterocycles. The van der Waals surface area contributed by atoms with Gasteiger partial charge in [-0.15, -0.1) is 0 Å². The molecule has 2 aromatic heterocycles. The van der Waals surface area contributed by atoms with Gasteiger partial charge in [-0.3, -0.25) is 9.78 Å². The molecule has 0 atom stereocenters. The fourth-order valence-electron chi connectivity index (χ4n) is 3.28. The molecule has 4 rings (SSSR count). The van der Waals surface area contributed by atoms with Crippen LogP contribution in [0.2, 0.25) is 0 Å². The zero-order valence-corrected chi connectivity index (χ0v) is 15.3. The number of rotatable bonds is 4. The summed E-state index contributed by atoms with van der Waals surface area (Å²) < 4.78 is 7.37. The minimum Gasteiger partial charge on any atom is -0.500 e. The van der Waals surface area contributed by atoms with Crippen molar-refractivity contribution in [3.8, 4) is 11.4 Å². The first kappa shape index (κ1) is 17.0. The van der Waals surface area contributed by atoms with Gasteiger partial charge < -0.3 is 14.6 Å². The summed E-state index contributed by atoms with van der Waals surface area (Å²) in [6, 6.07) is 9.57. The van der Waals surface area contributed by atoms with E-state index in [1.54, 1.807) is 19.5 Å². The Morgan fingerprint density at radius 3 is 2.81 bits per heavy atom. The second kappa shape index (κ2) is 7.07. The fourth-order valence-corrected chi connectivity index (χ4v) is 3.28. The van der Waals surface area contributed by atoms with Crippen molar-refractivity contribution in [1.29, 1.82) is 0 Å². The number of methoxy groups -OCH3 is 1. The highest BCUT2D eigenvalue weighted by molar-refractivity contribution is 6.07. The summed E-state index contributed by atoms with van der Waals surface area (Å²) in [5.74, 6) is 1.41. The van der Waals surface area contributed by atoms with Crippen LogP contribution in [0.4, 0.5) is 5.69 Å². The van der Waals surface area contributed by atoms with E-state index in [9.17, 15) is 4.79 Å². The number of carbonyl (C=O) groups is 1. The predicted octanol–water partition coefficient (Wildman–Crippen LogP) is 3.82. The normalized spacial score (nSPS) is 13.9. The van der Waals surface area contributed by atoms with Gasteiger partial charge >= 0.3 is 0 Å². The Morgan fingerprint density at radius 2 is 2.04 bits per heavy atom. The SMILES string of the molecule is COC1=C(C(=O)Nc2ccc3nc(-c4ccncc4)n(C)c3c2)C=CCC1. The second-order valence-electron chi connectivity index (χ2n) is 6.37. The molecule has 1 amide bonds. The van der Waals surface area contributed by atoms with Gasteiger partial charge in [-0.1, -0.05) is 12.2 Å². The monoisotopic (exact) mass is 360 g/mol. The number of pyridine rings is 1. The van der Waals surface area contributed by atoms with Crippen molar-refractivity contribution in [1.82, 2.24) is 14.5 Å². The molecule has 2 heterocycles.